The van der Waals surface area contributed by atoms with E-state index in [-0.39, 0.29) is 12.2 Å². The lowest BCUT2D eigenvalue weighted by Gasteiger charge is -2.25. The van der Waals surface area contributed by atoms with Crippen molar-refractivity contribution in [1.29, 1.82) is 0 Å². The molecule has 1 atom stereocenters. The lowest BCUT2D eigenvalue weighted by atomic mass is 9.95. The number of benzene rings is 3. The maximum absolute atomic E-state index is 14.1. The zero-order chi connectivity index (χ0) is 32.1. The minimum absolute atomic E-state index is 0.197. The molecule has 2 heterocycles. The monoisotopic (exact) mass is 850 g/mol. The second kappa shape index (κ2) is 14.9. The normalized spacial score (nSPS) is 14.5. The van der Waals surface area contributed by atoms with E-state index >= 15 is 0 Å². The van der Waals surface area contributed by atoms with Gasteiger partial charge in [0.05, 0.1) is 45.2 Å². The molecule has 45 heavy (non-hydrogen) atoms. The zero-order valence-corrected chi connectivity index (χ0v) is 30.4. The number of carbonyl (C=O) groups excluding carboxylic acids is 1. The van der Waals surface area contributed by atoms with Crippen LogP contribution in [0.2, 0.25) is 0 Å². The minimum Gasteiger partial charge on any atom is -0.490 e. The summed E-state index contributed by atoms with van der Waals surface area (Å²) in [5.41, 5.74) is 3.09. The summed E-state index contributed by atoms with van der Waals surface area (Å²) in [6.45, 7) is 8.81. The lowest BCUT2D eigenvalue weighted by Crippen LogP contribution is -2.40. The highest BCUT2D eigenvalue weighted by atomic mass is 127. The Morgan fingerprint density at radius 3 is 2.42 bits per heavy atom. The average molecular weight is 851 g/mol. The second-order valence-corrected chi connectivity index (χ2v) is 13.4. The number of ether oxygens (including phenoxy) is 4. The number of thiazole rings is 1. The van der Waals surface area contributed by atoms with E-state index < -0.39 is 12.0 Å². The van der Waals surface area contributed by atoms with Crippen molar-refractivity contribution in [2.45, 2.75) is 40.3 Å². The molecule has 0 bridgehead atoms. The summed E-state index contributed by atoms with van der Waals surface area (Å²) in [4.78, 5) is 32.6. The standard InChI is InChI=1S/C34H32I2N2O6S/c1-5-41-27-13-11-23(17-28(27)42-6-2)31-30(33(40)43-7-3)20(4)37-34-38(31)32(39)29(45-34)16-21-9-8-10-22(15-21)19-44-26-14-12-24(35)18-25(26)36/h8-18,31H,5-7,19H2,1-4H3/b29-16-/t31-/m0/s1. The molecule has 5 rings (SSSR count). The van der Waals surface area contributed by atoms with E-state index in [2.05, 4.69) is 51.2 Å². The van der Waals surface area contributed by atoms with Gasteiger partial charge in [0.15, 0.2) is 16.3 Å². The van der Waals surface area contributed by atoms with E-state index in [0.717, 1.165) is 24.0 Å². The highest BCUT2D eigenvalue weighted by Gasteiger charge is 2.34. The molecule has 0 saturated heterocycles. The molecule has 1 aliphatic heterocycles. The van der Waals surface area contributed by atoms with Crippen molar-refractivity contribution < 1.29 is 23.7 Å². The first-order valence-corrected chi connectivity index (χ1v) is 17.5. The van der Waals surface area contributed by atoms with E-state index in [4.69, 9.17) is 23.9 Å². The van der Waals surface area contributed by atoms with Gasteiger partial charge < -0.3 is 18.9 Å². The van der Waals surface area contributed by atoms with Crippen LogP contribution in [0.1, 0.15) is 50.4 Å². The molecule has 8 nitrogen and oxygen atoms in total. The van der Waals surface area contributed by atoms with Gasteiger partial charge in [0.1, 0.15) is 12.4 Å². The summed E-state index contributed by atoms with van der Waals surface area (Å²) < 4.78 is 27.4. The number of carbonyl (C=O) groups is 1. The Hall–Kier alpha value is -3.17. The van der Waals surface area contributed by atoms with E-state index in [1.54, 1.807) is 18.4 Å². The Labute approximate surface area is 292 Å². The van der Waals surface area contributed by atoms with Crippen LogP contribution < -0.4 is 29.1 Å². The molecule has 1 aliphatic rings. The van der Waals surface area contributed by atoms with Crippen molar-refractivity contribution in [2.24, 2.45) is 4.99 Å². The molecule has 1 aromatic heterocycles. The fourth-order valence-corrected chi connectivity index (χ4v) is 7.83. The van der Waals surface area contributed by atoms with Crippen LogP contribution in [-0.4, -0.2) is 30.4 Å². The number of halogens is 2. The van der Waals surface area contributed by atoms with Crippen LogP contribution in [0, 0.1) is 7.14 Å². The van der Waals surface area contributed by atoms with Gasteiger partial charge in [-0.25, -0.2) is 9.79 Å². The molecule has 234 valence electrons. The van der Waals surface area contributed by atoms with Gasteiger partial charge in [0, 0.05) is 3.57 Å². The molecule has 0 saturated carbocycles. The maximum Gasteiger partial charge on any atom is 0.338 e. The number of rotatable bonds is 11. The average Bonchev–Trinajstić information content (AvgIpc) is 3.31. The third-order valence-corrected chi connectivity index (χ3v) is 9.43. The highest BCUT2D eigenvalue weighted by molar-refractivity contribution is 14.1. The molecule has 0 unspecified atom stereocenters. The van der Waals surface area contributed by atoms with Crippen LogP contribution in [0.5, 0.6) is 17.2 Å². The molecule has 0 fully saturated rings. The van der Waals surface area contributed by atoms with Crippen LogP contribution in [0.15, 0.2) is 81.7 Å². The van der Waals surface area contributed by atoms with Gasteiger partial charge >= 0.3 is 5.97 Å². The van der Waals surface area contributed by atoms with Crippen molar-refractivity contribution in [1.82, 2.24) is 4.57 Å². The summed E-state index contributed by atoms with van der Waals surface area (Å²) in [6.07, 6.45) is 1.85. The number of hydrogen-bond donors (Lipinski definition) is 0. The lowest BCUT2D eigenvalue weighted by molar-refractivity contribution is -0.139. The molecule has 0 amide bonds. The molecule has 3 aromatic carbocycles. The largest absolute Gasteiger partial charge is 0.490 e. The second-order valence-electron chi connectivity index (χ2n) is 9.98. The summed E-state index contributed by atoms with van der Waals surface area (Å²) >= 11 is 5.84. The first-order valence-electron chi connectivity index (χ1n) is 14.5. The van der Waals surface area contributed by atoms with Crippen molar-refractivity contribution in [3.05, 3.63) is 115 Å². The summed E-state index contributed by atoms with van der Waals surface area (Å²) in [6, 6.07) is 18.7. The Bertz CT molecular complexity index is 1950. The van der Waals surface area contributed by atoms with Crippen LogP contribution in [-0.2, 0) is 16.1 Å². The first-order chi connectivity index (χ1) is 21.7. The summed E-state index contributed by atoms with van der Waals surface area (Å²) in [7, 11) is 0. The van der Waals surface area contributed by atoms with Gasteiger partial charge in [-0.2, -0.15) is 0 Å². The first kappa shape index (κ1) is 33.2. The van der Waals surface area contributed by atoms with E-state index in [9.17, 15) is 9.59 Å². The van der Waals surface area contributed by atoms with E-state index in [0.29, 0.717) is 57.5 Å². The number of aromatic nitrogens is 1. The predicted octanol–water partition coefficient (Wildman–Crippen LogP) is 6.38. The molecule has 4 aromatic rings. The molecular formula is C34H32I2N2O6S. The van der Waals surface area contributed by atoms with Gasteiger partial charge in [-0.15, -0.1) is 0 Å². The van der Waals surface area contributed by atoms with Crippen molar-refractivity contribution in [2.75, 3.05) is 19.8 Å². The topological polar surface area (TPSA) is 88.4 Å². The van der Waals surface area contributed by atoms with E-state index in [1.807, 2.05) is 74.5 Å². The van der Waals surface area contributed by atoms with Crippen LogP contribution in [0.25, 0.3) is 6.08 Å². The Balaban J connectivity index is 1.56. The maximum atomic E-state index is 14.1. The van der Waals surface area contributed by atoms with Crippen LogP contribution in [0.3, 0.4) is 0 Å². The summed E-state index contributed by atoms with van der Waals surface area (Å²) in [5.74, 6) is 1.44. The number of hydrogen-bond acceptors (Lipinski definition) is 8. The predicted molar refractivity (Wildman–Crippen MR) is 192 cm³/mol. The molecule has 0 N–H and O–H groups in total. The SMILES string of the molecule is CCOC(=O)C1=C(C)N=c2s/c(=C\c3cccc(COc4ccc(I)cc4I)c3)c(=O)n2[C@H]1c1ccc(OCC)c(OCC)c1. The van der Waals surface area contributed by atoms with Crippen molar-refractivity contribution in [3.63, 3.8) is 0 Å². The van der Waals surface area contributed by atoms with Crippen LogP contribution >= 0.6 is 56.5 Å². The number of allylic oxidation sites excluding steroid dienone is 1. The number of fused-ring (bicyclic) bond motifs is 1. The van der Waals surface area contributed by atoms with Gasteiger partial charge in [0.25, 0.3) is 5.56 Å². The third kappa shape index (κ3) is 7.46. The molecule has 11 heteroatoms. The zero-order valence-electron chi connectivity index (χ0n) is 25.3. The molecule has 0 aliphatic carbocycles. The highest BCUT2D eigenvalue weighted by Crippen LogP contribution is 2.36. The Morgan fingerprint density at radius 1 is 0.933 bits per heavy atom. The Kier molecular flexibility index (Phi) is 11.0. The van der Waals surface area contributed by atoms with Gasteiger partial charge in [0.2, 0.25) is 0 Å². The third-order valence-electron chi connectivity index (χ3n) is 6.94. The molecule has 0 spiro atoms. The fraction of sp³-hybridized carbons (Fsp3) is 0.265. The van der Waals surface area contributed by atoms with Crippen LogP contribution in [0.4, 0.5) is 0 Å². The molecule has 0 radical (unpaired) electrons. The smallest absolute Gasteiger partial charge is 0.338 e. The van der Waals surface area contributed by atoms with E-state index in [1.165, 1.54) is 11.3 Å². The van der Waals surface area contributed by atoms with Crippen molar-refractivity contribution >= 4 is 68.6 Å². The Morgan fingerprint density at radius 2 is 1.69 bits per heavy atom. The van der Waals surface area contributed by atoms with Gasteiger partial charge in [-0.3, -0.25) is 9.36 Å². The van der Waals surface area contributed by atoms with Crippen molar-refractivity contribution in [3.8, 4) is 17.2 Å². The minimum atomic E-state index is -0.756. The number of esters is 1. The van der Waals surface area contributed by atoms with Gasteiger partial charge in [-0.05, 0) is 132 Å². The van der Waals surface area contributed by atoms with Gasteiger partial charge in [-0.1, -0.05) is 35.6 Å². The molecular weight excluding hydrogens is 818 g/mol. The quantitative estimate of drug-likeness (QED) is 0.129. The fourth-order valence-electron chi connectivity index (χ4n) is 5.02. The number of nitrogens with zero attached hydrogens (tertiary/aromatic N) is 2. The summed E-state index contributed by atoms with van der Waals surface area (Å²) in [5, 5.41) is 0.